The Balaban J connectivity index is 1.96. The lowest BCUT2D eigenvalue weighted by Gasteiger charge is -2.31. The van der Waals surface area contributed by atoms with Gasteiger partial charge >= 0.3 is 12.2 Å². The lowest BCUT2D eigenvalue weighted by molar-refractivity contribution is -0.183. The number of carbonyl (C=O) groups is 1. The molecule has 8 heteroatoms. The van der Waals surface area contributed by atoms with Gasteiger partial charge in [-0.1, -0.05) is 6.42 Å². The molecule has 1 aliphatic rings. The summed E-state index contributed by atoms with van der Waals surface area (Å²) in [6.45, 7) is 6.27. The highest BCUT2D eigenvalue weighted by atomic mass is 19.4. The summed E-state index contributed by atoms with van der Waals surface area (Å²) in [5.74, 6) is -1.33. The van der Waals surface area contributed by atoms with Crippen molar-refractivity contribution in [3.63, 3.8) is 0 Å². The average molecular weight is 332 g/mol. The van der Waals surface area contributed by atoms with Crippen LogP contribution in [-0.4, -0.2) is 28.0 Å². The van der Waals surface area contributed by atoms with Crippen LogP contribution in [0, 0.1) is 19.8 Å². The number of alkyl halides is 3. The Morgan fingerprint density at radius 3 is 2.61 bits per heavy atom. The number of hydrogen-bond acceptors (Lipinski definition) is 2. The first-order chi connectivity index (χ1) is 10.7. The summed E-state index contributed by atoms with van der Waals surface area (Å²) in [7, 11) is 0. The second-order valence-corrected chi connectivity index (χ2v) is 6.06. The zero-order valence-electron chi connectivity index (χ0n) is 13.6. The van der Waals surface area contributed by atoms with Gasteiger partial charge < -0.3 is 10.6 Å². The number of rotatable bonds is 3. The van der Waals surface area contributed by atoms with Crippen molar-refractivity contribution >= 4 is 11.7 Å². The van der Waals surface area contributed by atoms with E-state index in [1.807, 2.05) is 13.8 Å². The third kappa shape index (κ3) is 4.17. The van der Waals surface area contributed by atoms with Crippen LogP contribution in [-0.2, 0) is 6.54 Å². The fourth-order valence-electron chi connectivity index (χ4n) is 3.14. The second-order valence-electron chi connectivity index (χ2n) is 6.06. The molecular formula is C15H23F3N4O. The molecule has 0 aliphatic heterocycles. The number of urea groups is 1. The average Bonchev–Trinajstić information content (AvgIpc) is 2.74. The van der Waals surface area contributed by atoms with E-state index in [1.54, 1.807) is 11.6 Å². The minimum atomic E-state index is -4.19. The molecule has 23 heavy (non-hydrogen) atoms. The quantitative estimate of drug-likeness (QED) is 0.885. The van der Waals surface area contributed by atoms with Gasteiger partial charge in [-0.05, 0) is 40.0 Å². The Kier molecular flexibility index (Phi) is 5.21. The second kappa shape index (κ2) is 6.80. The third-order valence-corrected chi connectivity index (χ3v) is 4.39. The summed E-state index contributed by atoms with van der Waals surface area (Å²) in [6.07, 6.45) is -3.05. The van der Waals surface area contributed by atoms with Crippen molar-refractivity contribution < 1.29 is 18.0 Å². The molecule has 2 amide bonds. The minimum absolute atomic E-state index is 0.0525. The van der Waals surface area contributed by atoms with E-state index in [-0.39, 0.29) is 12.8 Å². The molecule has 0 spiro atoms. The molecule has 0 unspecified atom stereocenters. The SMILES string of the molecule is CCn1nc(C)c(NC(=O)N[C@H]2CCC[C@@H](C(F)(F)F)C2)c1C. The van der Waals surface area contributed by atoms with Crippen LogP contribution in [0.15, 0.2) is 0 Å². The number of hydrogen-bond donors (Lipinski definition) is 2. The molecule has 2 atom stereocenters. The van der Waals surface area contributed by atoms with Gasteiger partial charge in [0.1, 0.15) is 0 Å². The summed E-state index contributed by atoms with van der Waals surface area (Å²) in [5.41, 5.74) is 2.14. The number of aryl methyl sites for hydroxylation is 2. The largest absolute Gasteiger partial charge is 0.391 e. The molecule has 1 aliphatic carbocycles. The monoisotopic (exact) mass is 332 g/mol. The Labute approximate surface area is 133 Å². The van der Waals surface area contributed by atoms with Crippen molar-refractivity contribution in [3.8, 4) is 0 Å². The standard InChI is InChI=1S/C15H23F3N4O/c1-4-22-10(3)13(9(2)21-22)20-14(23)19-12-7-5-6-11(8-12)15(16,17)18/h11-12H,4-8H2,1-3H3,(H2,19,20,23)/t11-,12+/m1/s1. The summed E-state index contributed by atoms with van der Waals surface area (Å²) in [4.78, 5) is 12.1. The molecule has 2 N–H and O–H groups in total. The molecule has 130 valence electrons. The number of nitrogens with one attached hydrogen (secondary N) is 2. The molecule has 0 saturated heterocycles. The van der Waals surface area contributed by atoms with E-state index in [4.69, 9.17) is 0 Å². The first-order valence-electron chi connectivity index (χ1n) is 7.90. The summed E-state index contributed by atoms with van der Waals surface area (Å²) >= 11 is 0. The molecule has 1 aromatic heterocycles. The number of carbonyl (C=O) groups excluding carboxylic acids is 1. The maximum Gasteiger partial charge on any atom is 0.391 e. The van der Waals surface area contributed by atoms with Crippen molar-refractivity contribution in [2.75, 3.05) is 5.32 Å². The van der Waals surface area contributed by atoms with Crippen LogP contribution < -0.4 is 10.6 Å². The Morgan fingerprint density at radius 1 is 1.35 bits per heavy atom. The summed E-state index contributed by atoms with van der Waals surface area (Å²) in [6, 6.07) is -0.920. The molecule has 2 rings (SSSR count). The van der Waals surface area contributed by atoms with Crippen LogP contribution in [0.3, 0.4) is 0 Å². The molecule has 0 bridgehead atoms. The van der Waals surface area contributed by atoms with E-state index in [9.17, 15) is 18.0 Å². The van der Waals surface area contributed by atoms with Crippen molar-refractivity contribution in [2.24, 2.45) is 5.92 Å². The molecule has 1 fully saturated rings. The van der Waals surface area contributed by atoms with Gasteiger partial charge in [0, 0.05) is 12.6 Å². The van der Waals surface area contributed by atoms with E-state index in [2.05, 4.69) is 15.7 Å². The van der Waals surface area contributed by atoms with Crippen LogP contribution in [0.2, 0.25) is 0 Å². The molecule has 1 heterocycles. The fourth-order valence-corrected chi connectivity index (χ4v) is 3.14. The van der Waals surface area contributed by atoms with Crippen LogP contribution in [0.5, 0.6) is 0 Å². The van der Waals surface area contributed by atoms with Crippen LogP contribution in [0.25, 0.3) is 0 Å². The Bertz CT molecular complexity index is 568. The Hall–Kier alpha value is -1.73. The first kappa shape index (κ1) is 17.6. The van der Waals surface area contributed by atoms with E-state index < -0.39 is 24.2 Å². The molecule has 1 saturated carbocycles. The minimum Gasteiger partial charge on any atom is -0.335 e. The number of amides is 2. The molecule has 5 nitrogen and oxygen atoms in total. The smallest absolute Gasteiger partial charge is 0.335 e. The van der Waals surface area contributed by atoms with Gasteiger partial charge in [-0.25, -0.2) is 4.79 Å². The van der Waals surface area contributed by atoms with Crippen LogP contribution in [0.1, 0.15) is 44.0 Å². The molecule has 0 aromatic carbocycles. The van der Waals surface area contributed by atoms with Crippen LogP contribution >= 0.6 is 0 Å². The highest BCUT2D eigenvalue weighted by Gasteiger charge is 2.42. The first-order valence-corrected chi connectivity index (χ1v) is 7.90. The molecule has 1 aromatic rings. The van der Waals surface area contributed by atoms with Gasteiger partial charge in [-0.2, -0.15) is 18.3 Å². The number of aromatic nitrogens is 2. The van der Waals surface area contributed by atoms with Gasteiger partial charge in [-0.3, -0.25) is 4.68 Å². The zero-order chi connectivity index (χ0) is 17.2. The molecular weight excluding hydrogens is 309 g/mol. The molecule has 0 radical (unpaired) electrons. The lowest BCUT2D eigenvalue weighted by atomic mass is 9.85. The van der Waals surface area contributed by atoms with E-state index >= 15 is 0 Å². The van der Waals surface area contributed by atoms with Gasteiger partial charge in [-0.15, -0.1) is 0 Å². The van der Waals surface area contributed by atoms with Crippen molar-refractivity contribution in [1.82, 2.24) is 15.1 Å². The van der Waals surface area contributed by atoms with Gasteiger partial charge in [0.15, 0.2) is 0 Å². The van der Waals surface area contributed by atoms with Gasteiger partial charge in [0.05, 0.1) is 23.0 Å². The van der Waals surface area contributed by atoms with E-state index in [0.29, 0.717) is 30.8 Å². The number of halogens is 3. The predicted octanol–water partition coefficient (Wildman–Crippen LogP) is 3.76. The number of anilines is 1. The Morgan fingerprint density at radius 2 is 2.04 bits per heavy atom. The lowest BCUT2D eigenvalue weighted by Crippen LogP contribution is -2.43. The van der Waals surface area contributed by atoms with E-state index in [1.165, 1.54) is 0 Å². The van der Waals surface area contributed by atoms with Gasteiger partial charge in [0.2, 0.25) is 0 Å². The highest BCUT2D eigenvalue weighted by Crippen LogP contribution is 2.37. The fraction of sp³-hybridized carbons (Fsp3) is 0.733. The van der Waals surface area contributed by atoms with Crippen molar-refractivity contribution in [2.45, 2.75) is 65.2 Å². The van der Waals surface area contributed by atoms with Gasteiger partial charge in [0.25, 0.3) is 0 Å². The highest BCUT2D eigenvalue weighted by molar-refractivity contribution is 5.90. The zero-order valence-corrected chi connectivity index (χ0v) is 13.6. The normalized spacial score (nSPS) is 22.0. The maximum absolute atomic E-state index is 12.8. The van der Waals surface area contributed by atoms with Crippen LogP contribution in [0.4, 0.5) is 23.7 Å². The van der Waals surface area contributed by atoms with Crippen molar-refractivity contribution in [1.29, 1.82) is 0 Å². The van der Waals surface area contributed by atoms with Crippen molar-refractivity contribution in [3.05, 3.63) is 11.4 Å². The third-order valence-electron chi connectivity index (χ3n) is 4.39. The summed E-state index contributed by atoms with van der Waals surface area (Å²) < 4.78 is 40.2. The predicted molar refractivity (Wildman–Crippen MR) is 81.3 cm³/mol. The summed E-state index contributed by atoms with van der Waals surface area (Å²) in [5, 5.41) is 9.68. The topological polar surface area (TPSA) is 59.0 Å². The number of nitrogens with zero attached hydrogens (tertiary/aromatic N) is 2. The van der Waals surface area contributed by atoms with E-state index in [0.717, 1.165) is 5.69 Å². The maximum atomic E-state index is 12.8.